The van der Waals surface area contributed by atoms with Crippen molar-refractivity contribution in [3.05, 3.63) is 30.7 Å². The largest absolute Gasteiger partial charge is 0.395 e. The molecule has 0 aromatic carbocycles. The van der Waals surface area contributed by atoms with Gasteiger partial charge in [-0.15, -0.1) is 0 Å². The summed E-state index contributed by atoms with van der Waals surface area (Å²) in [6, 6.07) is 4.14. The Bertz CT molecular complexity index is 997. The first-order valence-corrected chi connectivity index (χ1v) is 9.51. The van der Waals surface area contributed by atoms with E-state index in [1.807, 2.05) is 36.6 Å². The Morgan fingerprint density at radius 3 is 2.68 bits per heavy atom. The molecule has 4 rings (SSSR count). The Morgan fingerprint density at radius 2 is 2.04 bits per heavy atom. The quantitative estimate of drug-likeness (QED) is 0.716. The van der Waals surface area contributed by atoms with E-state index in [0.717, 1.165) is 41.1 Å². The van der Waals surface area contributed by atoms with Crippen LogP contribution >= 0.6 is 0 Å². The minimum atomic E-state index is -0.731. The van der Waals surface area contributed by atoms with Crippen molar-refractivity contribution in [2.75, 3.05) is 37.7 Å². The van der Waals surface area contributed by atoms with E-state index in [0.29, 0.717) is 13.1 Å². The van der Waals surface area contributed by atoms with Crippen LogP contribution in [0.2, 0.25) is 0 Å². The number of aromatic nitrogens is 4. The third kappa shape index (κ3) is 3.24. The van der Waals surface area contributed by atoms with Crippen LogP contribution in [0.15, 0.2) is 30.7 Å². The van der Waals surface area contributed by atoms with Crippen molar-refractivity contribution in [1.82, 2.24) is 24.6 Å². The lowest BCUT2D eigenvalue weighted by Gasteiger charge is -2.39. The number of aromatic amines is 1. The Balaban J connectivity index is 1.56. The standard InChI is InChI=1S/C20H26N6O2/c1-20(2,13-27)19(28)26-8-6-25(7-9-26)17-4-5-21-18-15(17)10-16(23-18)14-11-22-24(3)12-14/h4-5,10-12,27H,6-9,13H2,1-3H3,(H,21,23). The molecule has 0 aliphatic carbocycles. The molecule has 4 heterocycles. The highest BCUT2D eigenvalue weighted by Gasteiger charge is 2.33. The number of carbonyl (C=O) groups is 1. The van der Waals surface area contributed by atoms with Gasteiger partial charge in [0.2, 0.25) is 5.91 Å². The molecule has 0 saturated carbocycles. The number of amides is 1. The number of nitrogens with zero attached hydrogens (tertiary/aromatic N) is 5. The number of aliphatic hydroxyl groups excluding tert-OH is 1. The van der Waals surface area contributed by atoms with Crippen LogP contribution in [-0.4, -0.2) is 68.4 Å². The lowest BCUT2D eigenvalue weighted by molar-refractivity contribution is -0.142. The highest BCUT2D eigenvalue weighted by atomic mass is 16.3. The molecule has 3 aromatic rings. The maximum atomic E-state index is 12.6. The fourth-order valence-corrected chi connectivity index (χ4v) is 3.65. The van der Waals surface area contributed by atoms with Gasteiger partial charge in [0.1, 0.15) is 5.65 Å². The SMILES string of the molecule is Cn1cc(-c2cc3c(N4CCN(C(=O)C(C)(C)CO)CC4)ccnc3[nH]2)cn1. The fraction of sp³-hybridized carbons (Fsp3) is 0.450. The molecular formula is C20H26N6O2. The number of anilines is 1. The second-order valence-corrected chi connectivity index (χ2v) is 8.00. The number of hydrogen-bond donors (Lipinski definition) is 2. The maximum Gasteiger partial charge on any atom is 0.230 e. The zero-order valence-corrected chi connectivity index (χ0v) is 16.5. The number of aryl methyl sites for hydroxylation is 1. The van der Waals surface area contributed by atoms with Gasteiger partial charge in [-0.2, -0.15) is 5.10 Å². The summed E-state index contributed by atoms with van der Waals surface area (Å²) >= 11 is 0. The number of hydrogen-bond acceptors (Lipinski definition) is 5. The topological polar surface area (TPSA) is 90.3 Å². The molecule has 1 fully saturated rings. The summed E-state index contributed by atoms with van der Waals surface area (Å²) in [5.74, 6) is 0.00929. The Hall–Kier alpha value is -2.87. The van der Waals surface area contributed by atoms with E-state index in [4.69, 9.17) is 0 Å². The predicted molar refractivity (Wildman–Crippen MR) is 108 cm³/mol. The third-order valence-electron chi connectivity index (χ3n) is 5.41. The van der Waals surface area contributed by atoms with E-state index in [9.17, 15) is 9.90 Å². The summed E-state index contributed by atoms with van der Waals surface area (Å²) in [4.78, 5) is 24.6. The molecule has 0 unspecified atom stereocenters. The second-order valence-electron chi connectivity index (χ2n) is 8.00. The highest BCUT2D eigenvalue weighted by Crippen LogP contribution is 2.31. The molecule has 1 aliphatic rings. The highest BCUT2D eigenvalue weighted by molar-refractivity contribution is 5.94. The monoisotopic (exact) mass is 382 g/mol. The first-order valence-electron chi connectivity index (χ1n) is 9.51. The van der Waals surface area contributed by atoms with E-state index in [2.05, 4.69) is 26.0 Å². The zero-order valence-electron chi connectivity index (χ0n) is 16.5. The van der Waals surface area contributed by atoms with E-state index in [1.54, 1.807) is 18.5 Å². The zero-order chi connectivity index (χ0) is 19.9. The Labute approximate surface area is 163 Å². The summed E-state index contributed by atoms with van der Waals surface area (Å²) in [5.41, 5.74) is 3.24. The van der Waals surface area contributed by atoms with Gasteiger partial charge in [0.05, 0.1) is 23.9 Å². The molecule has 0 bridgehead atoms. The summed E-state index contributed by atoms with van der Waals surface area (Å²) in [6.45, 7) is 6.22. The summed E-state index contributed by atoms with van der Waals surface area (Å²) in [6.07, 6.45) is 5.61. The van der Waals surface area contributed by atoms with Gasteiger partial charge in [-0.25, -0.2) is 4.98 Å². The van der Waals surface area contributed by atoms with Gasteiger partial charge in [-0.1, -0.05) is 0 Å². The number of aliphatic hydroxyl groups is 1. The van der Waals surface area contributed by atoms with Crippen molar-refractivity contribution in [2.24, 2.45) is 12.5 Å². The lowest BCUT2D eigenvalue weighted by atomic mass is 9.92. The Kier molecular flexibility index (Phi) is 4.58. The number of H-pyrrole nitrogens is 1. The molecule has 1 amide bonds. The van der Waals surface area contributed by atoms with Crippen molar-refractivity contribution < 1.29 is 9.90 Å². The number of piperazine rings is 1. The number of carbonyl (C=O) groups excluding carboxylic acids is 1. The van der Waals surface area contributed by atoms with Gasteiger partial charge >= 0.3 is 0 Å². The van der Waals surface area contributed by atoms with Crippen LogP contribution in [0, 0.1) is 5.41 Å². The minimum absolute atomic E-state index is 0.00929. The van der Waals surface area contributed by atoms with E-state index in [-0.39, 0.29) is 12.5 Å². The van der Waals surface area contributed by atoms with Crippen molar-refractivity contribution in [2.45, 2.75) is 13.8 Å². The van der Waals surface area contributed by atoms with Crippen LogP contribution in [0.5, 0.6) is 0 Å². The van der Waals surface area contributed by atoms with Crippen molar-refractivity contribution in [1.29, 1.82) is 0 Å². The molecule has 1 aliphatic heterocycles. The molecule has 2 N–H and O–H groups in total. The molecule has 8 heteroatoms. The molecule has 148 valence electrons. The van der Waals surface area contributed by atoms with E-state index >= 15 is 0 Å². The molecule has 0 spiro atoms. The second kappa shape index (κ2) is 6.94. The van der Waals surface area contributed by atoms with Crippen molar-refractivity contribution in [3.8, 4) is 11.3 Å². The fourth-order valence-electron chi connectivity index (χ4n) is 3.65. The van der Waals surface area contributed by atoms with E-state index in [1.165, 1.54) is 0 Å². The molecule has 8 nitrogen and oxygen atoms in total. The van der Waals surface area contributed by atoms with Crippen LogP contribution in [0.1, 0.15) is 13.8 Å². The lowest BCUT2D eigenvalue weighted by Crippen LogP contribution is -2.53. The Morgan fingerprint density at radius 1 is 1.29 bits per heavy atom. The first-order chi connectivity index (χ1) is 13.4. The number of pyridine rings is 1. The van der Waals surface area contributed by atoms with Crippen molar-refractivity contribution >= 4 is 22.6 Å². The molecular weight excluding hydrogens is 356 g/mol. The average molecular weight is 382 g/mol. The van der Waals surface area contributed by atoms with Gasteiger partial charge in [0, 0.05) is 62.3 Å². The van der Waals surface area contributed by atoms with Gasteiger partial charge in [0.15, 0.2) is 0 Å². The smallest absolute Gasteiger partial charge is 0.230 e. The number of fused-ring (bicyclic) bond motifs is 1. The van der Waals surface area contributed by atoms with E-state index < -0.39 is 5.41 Å². The first kappa shape index (κ1) is 18.5. The predicted octanol–water partition coefficient (Wildman–Crippen LogP) is 1.63. The third-order valence-corrected chi connectivity index (χ3v) is 5.41. The van der Waals surface area contributed by atoms with Crippen LogP contribution in [0.3, 0.4) is 0 Å². The van der Waals surface area contributed by atoms with Gasteiger partial charge < -0.3 is 19.9 Å². The van der Waals surface area contributed by atoms with Gasteiger partial charge in [-0.05, 0) is 26.0 Å². The van der Waals surface area contributed by atoms with Crippen LogP contribution < -0.4 is 4.90 Å². The molecule has 0 radical (unpaired) electrons. The summed E-state index contributed by atoms with van der Waals surface area (Å²) < 4.78 is 1.78. The van der Waals surface area contributed by atoms with Crippen LogP contribution in [-0.2, 0) is 11.8 Å². The van der Waals surface area contributed by atoms with Gasteiger partial charge in [0.25, 0.3) is 0 Å². The number of nitrogens with one attached hydrogen (secondary N) is 1. The minimum Gasteiger partial charge on any atom is -0.395 e. The maximum absolute atomic E-state index is 12.6. The summed E-state index contributed by atoms with van der Waals surface area (Å²) in [5, 5.41) is 14.8. The molecule has 1 saturated heterocycles. The van der Waals surface area contributed by atoms with Gasteiger partial charge in [-0.3, -0.25) is 9.48 Å². The average Bonchev–Trinajstić information content (AvgIpc) is 3.33. The molecule has 3 aromatic heterocycles. The number of rotatable bonds is 4. The molecule has 0 atom stereocenters. The molecule has 28 heavy (non-hydrogen) atoms. The van der Waals surface area contributed by atoms with Crippen LogP contribution in [0.25, 0.3) is 22.3 Å². The summed E-state index contributed by atoms with van der Waals surface area (Å²) in [7, 11) is 1.90. The van der Waals surface area contributed by atoms with Crippen LogP contribution in [0.4, 0.5) is 5.69 Å². The van der Waals surface area contributed by atoms with Crippen molar-refractivity contribution in [3.63, 3.8) is 0 Å². The normalized spacial score (nSPS) is 15.4.